The maximum absolute atomic E-state index is 10.9. The number of carbonyl (C=O) groups is 1. The van der Waals surface area contributed by atoms with E-state index in [9.17, 15) is 4.79 Å². The van der Waals surface area contributed by atoms with E-state index < -0.39 is 0 Å². The Balaban J connectivity index is 2.21. The van der Waals surface area contributed by atoms with Crippen molar-refractivity contribution < 1.29 is 14.3 Å². The van der Waals surface area contributed by atoms with Gasteiger partial charge in [-0.25, -0.2) is 0 Å². The number of hydrogen-bond acceptors (Lipinski definition) is 5. The number of thiazole rings is 1. The number of nitrogens with zero attached hydrogens (tertiary/aromatic N) is 1. The first-order chi connectivity index (χ1) is 8.35. The molecule has 0 aliphatic carbocycles. The first-order valence-electron chi connectivity index (χ1n) is 4.97. The lowest BCUT2D eigenvalue weighted by molar-refractivity contribution is 0.111. The van der Waals surface area contributed by atoms with Crippen LogP contribution in [0.5, 0.6) is 11.5 Å². The second kappa shape index (κ2) is 5.45. The number of methoxy groups -OCH3 is 1. The zero-order valence-electron chi connectivity index (χ0n) is 9.25. The molecule has 0 saturated heterocycles. The van der Waals surface area contributed by atoms with Crippen LogP contribution in [-0.2, 0) is 6.61 Å². The molecule has 0 N–H and O–H groups in total. The van der Waals surface area contributed by atoms with Crippen molar-refractivity contribution >= 4 is 17.6 Å². The van der Waals surface area contributed by atoms with E-state index in [0.717, 1.165) is 11.2 Å². The molecule has 0 unspecified atom stereocenters. The monoisotopic (exact) mass is 249 g/mol. The minimum Gasteiger partial charge on any atom is -0.493 e. The third-order valence-corrected chi connectivity index (χ3v) is 2.95. The number of ether oxygens (including phenoxy) is 2. The number of rotatable bonds is 5. The highest BCUT2D eigenvalue weighted by molar-refractivity contribution is 7.09. The molecule has 88 valence electrons. The van der Waals surface area contributed by atoms with E-state index in [4.69, 9.17) is 9.47 Å². The Morgan fingerprint density at radius 1 is 1.47 bits per heavy atom. The number of para-hydroxylation sites is 1. The van der Waals surface area contributed by atoms with E-state index >= 15 is 0 Å². The largest absolute Gasteiger partial charge is 0.493 e. The van der Waals surface area contributed by atoms with Gasteiger partial charge in [-0.05, 0) is 12.1 Å². The summed E-state index contributed by atoms with van der Waals surface area (Å²) in [6, 6.07) is 5.20. The quantitative estimate of drug-likeness (QED) is 0.764. The summed E-state index contributed by atoms with van der Waals surface area (Å²) in [5.74, 6) is 1.03. The van der Waals surface area contributed by atoms with E-state index in [1.807, 2.05) is 0 Å². The van der Waals surface area contributed by atoms with Gasteiger partial charge in [-0.2, -0.15) is 0 Å². The third kappa shape index (κ3) is 2.62. The van der Waals surface area contributed by atoms with Crippen LogP contribution >= 0.6 is 11.3 Å². The van der Waals surface area contributed by atoms with Gasteiger partial charge in [0.25, 0.3) is 0 Å². The van der Waals surface area contributed by atoms with Crippen LogP contribution in [-0.4, -0.2) is 18.4 Å². The van der Waals surface area contributed by atoms with Gasteiger partial charge >= 0.3 is 0 Å². The highest BCUT2D eigenvalue weighted by Gasteiger charge is 2.10. The van der Waals surface area contributed by atoms with Gasteiger partial charge in [-0.3, -0.25) is 9.78 Å². The number of hydrogen-bond donors (Lipinski definition) is 0. The Morgan fingerprint density at radius 3 is 3.00 bits per heavy atom. The Morgan fingerprint density at radius 2 is 2.35 bits per heavy atom. The first-order valence-corrected chi connectivity index (χ1v) is 5.85. The van der Waals surface area contributed by atoms with Gasteiger partial charge in [-0.1, -0.05) is 6.07 Å². The second-order valence-corrected chi connectivity index (χ2v) is 4.22. The van der Waals surface area contributed by atoms with Crippen LogP contribution in [0.4, 0.5) is 0 Å². The highest BCUT2D eigenvalue weighted by Crippen LogP contribution is 2.30. The topological polar surface area (TPSA) is 48.4 Å². The molecule has 1 aromatic heterocycles. The van der Waals surface area contributed by atoms with Crippen LogP contribution in [0.3, 0.4) is 0 Å². The van der Waals surface area contributed by atoms with E-state index in [1.54, 1.807) is 37.0 Å². The fourth-order valence-corrected chi connectivity index (χ4v) is 1.90. The Hall–Kier alpha value is -1.88. The lowest BCUT2D eigenvalue weighted by Crippen LogP contribution is -1.99. The maximum Gasteiger partial charge on any atom is 0.172 e. The average Bonchev–Trinajstić information content (AvgIpc) is 2.88. The average molecular weight is 249 g/mol. The minimum atomic E-state index is 0.381. The maximum atomic E-state index is 10.9. The Labute approximate surface area is 103 Å². The van der Waals surface area contributed by atoms with Gasteiger partial charge in [-0.15, -0.1) is 11.3 Å². The molecule has 0 saturated carbocycles. The molecule has 2 aromatic rings. The SMILES string of the molecule is COc1cccc(C=O)c1OCc1cncs1. The summed E-state index contributed by atoms with van der Waals surface area (Å²) in [5, 5.41) is 0. The molecular weight excluding hydrogens is 238 g/mol. The lowest BCUT2D eigenvalue weighted by Gasteiger charge is -2.11. The van der Waals surface area contributed by atoms with E-state index in [2.05, 4.69) is 4.98 Å². The van der Waals surface area contributed by atoms with Crippen LogP contribution in [0, 0.1) is 0 Å². The molecule has 5 heteroatoms. The molecule has 1 heterocycles. The van der Waals surface area contributed by atoms with Crippen molar-refractivity contribution in [3.63, 3.8) is 0 Å². The summed E-state index contributed by atoms with van der Waals surface area (Å²) in [7, 11) is 1.55. The van der Waals surface area contributed by atoms with Gasteiger partial charge in [0.05, 0.1) is 23.1 Å². The molecule has 0 aliphatic rings. The summed E-state index contributed by atoms with van der Waals surface area (Å²) in [6.45, 7) is 0.381. The molecule has 0 amide bonds. The molecule has 0 atom stereocenters. The van der Waals surface area contributed by atoms with Crippen LogP contribution < -0.4 is 9.47 Å². The Kier molecular flexibility index (Phi) is 3.72. The number of benzene rings is 1. The van der Waals surface area contributed by atoms with Crippen molar-refractivity contribution in [1.82, 2.24) is 4.98 Å². The van der Waals surface area contributed by atoms with Gasteiger partial charge in [0.1, 0.15) is 6.61 Å². The van der Waals surface area contributed by atoms with Crippen LogP contribution in [0.2, 0.25) is 0 Å². The van der Waals surface area contributed by atoms with Crippen molar-refractivity contribution in [1.29, 1.82) is 0 Å². The summed E-state index contributed by atoms with van der Waals surface area (Å²) >= 11 is 1.50. The number of aromatic nitrogens is 1. The molecular formula is C12H11NO3S. The van der Waals surface area contributed by atoms with Gasteiger partial charge in [0, 0.05) is 6.20 Å². The number of aldehydes is 1. The number of carbonyl (C=O) groups excluding carboxylic acids is 1. The second-order valence-electron chi connectivity index (χ2n) is 3.25. The van der Waals surface area contributed by atoms with Crippen molar-refractivity contribution in [3.05, 3.63) is 40.3 Å². The van der Waals surface area contributed by atoms with Crippen molar-refractivity contribution in [2.45, 2.75) is 6.61 Å². The van der Waals surface area contributed by atoms with Crippen LogP contribution in [0.1, 0.15) is 15.2 Å². The zero-order valence-corrected chi connectivity index (χ0v) is 10.1. The minimum absolute atomic E-state index is 0.381. The Bertz CT molecular complexity index is 496. The van der Waals surface area contributed by atoms with Crippen LogP contribution in [0.15, 0.2) is 29.9 Å². The van der Waals surface area contributed by atoms with Crippen molar-refractivity contribution in [3.8, 4) is 11.5 Å². The molecule has 0 fully saturated rings. The normalized spacial score (nSPS) is 9.94. The molecule has 2 rings (SSSR count). The van der Waals surface area contributed by atoms with Gasteiger partial charge < -0.3 is 9.47 Å². The van der Waals surface area contributed by atoms with E-state index in [0.29, 0.717) is 23.7 Å². The van der Waals surface area contributed by atoms with Crippen molar-refractivity contribution in [2.75, 3.05) is 7.11 Å². The summed E-state index contributed by atoms with van der Waals surface area (Å²) in [5.41, 5.74) is 2.22. The highest BCUT2D eigenvalue weighted by atomic mass is 32.1. The molecule has 0 aliphatic heterocycles. The fraction of sp³-hybridized carbons (Fsp3) is 0.167. The summed E-state index contributed by atoms with van der Waals surface area (Å²) in [4.78, 5) is 15.9. The van der Waals surface area contributed by atoms with Crippen molar-refractivity contribution in [2.24, 2.45) is 0 Å². The van der Waals surface area contributed by atoms with Gasteiger partial charge in [0.2, 0.25) is 0 Å². The first kappa shape index (κ1) is 11.6. The molecule has 4 nitrogen and oxygen atoms in total. The standard InChI is InChI=1S/C12H11NO3S/c1-15-11-4-2-3-9(6-14)12(11)16-7-10-5-13-8-17-10/h2-6,8H,7H2,1H3. The van der Waals surface area contributed by atoms with Gasteiger partial charge in [0.15, 0.2) is 17.8 Å². The van der Waals surface area contributed by atoms with E-state index in [-0.39, 0.29) is 0 Å². The predicted molar refractivity (Wildman–Crippen MR) is 64.8 cm³/mol. The third-order valence-electron chi connectivity index (χ3n) is 2.20. The zero-order chi connectivity index (χ0) is 12.1. The molecule has 0 spiro atoms. The van der Waals surface area contributed by atoms with Crippen LogP contribution in [0.25, 0.3) is 0 Å². The predicted octanol–water partition coefficient (Wildman–Crippen LogP) is 2.54. The lowest BCUT2D eigenvalue weighted by atomic mass is 10.2. The summed E-state index contributed by atoms with van der Waals surface area (Å²) in [6.07, 6.45) is 2.49. The summed E-state index contributed by atoms with van der Waals surface area (Å²) < 4.78 is 10.8. The molecule has 17 heavy (non-hydrogen) atoms. The molecule has 0 radical (unpaired) electrons. The smallest absolute Gasteiger partial charge is 0.172 e. The molecule has 0 bridgehead atoms. The fourth-order valence-electron chi connectivity index (χ4n) is 1.40. The molecule has 1 aromatic carbocycles. The van der Waals surface area contributed by atoms with E-state index in [1.165, 1.54) is 11.3 Å².